The molecule has 0 aliphatic carbocycles. The second-order valence-corrected chi connectivity index (χ2v) is 5.34. The molecule has 1 aromatic rings. The Hall–Kier alpha value is -1.46. The Morgan fingerprint density at radius 3 is 2.68 bits per heavy atom. The molecular formula is C16H25ClN2O3. The summed E-state index contributed by atoms with van der Waals surface area (Å²) in [5.74, 6) is 1.55. The summed E-state index contributed by atoms with van der Waals surface area (Å²) in [6, 6.07) is 5.39. The van der Waals surface area contributed by atoms with Gasteiger partial charge in [0, 0.05) is 5.56 Å². The third-order valence-corrected chi connectivity index (χ3v) is 3.89. The summed E-state index contributed by atoms with van der Waals surface area (Å²) in [7, 11) is 3.25. The van der Waals surface area contributed by atoms with Crippen LogP contribution in [0.3, 0.4) is 0 Å². The predicted octanol–water partition coefficient (Wildman–Crippen LogP) is 2.44. The zero-order valence-corrected chi connectivity index (χ0v) is 14.2. The summed E-state index contributed by atoms with van der Waals surface area (Å²) in [5, 5.41) is 6.31. The van der Waals surface area contributed by atoms with Crippen LogP contribution in [0.2, 0.25) is 0 Å². The lowest BCUT2D eigenvalue weighted by Gasteiger charge is -2.25. The van der Waals surface area contributed by atoms with Crippen molar-refractivity contribution in [1.29, 1.82) is 0 Å². The van der Waals surface area contributed by atoms with Gasteiger partial charge < -0.3 is 20.1 Å². The van der Waals surface area contributed by atoms with Gasteiger partial charge in [0.1, 0.15) is 11.5 Å². The number of rotatable bonds is 5. The minimum atomic E-state index is -0.133. The van der Waals surface area contributed by atoms with Gasteiger partial charge in [-0.05, 0) is 44.5 Å². The standard InChI is InChI=1S/C16H24N2O3.ClH/c1-11(18-16(19)14-6-4-5-9-17-14)13-10-12(20-2)7-8-15(13)21-3;/h7-8,10-11,14,17H,4-6,9H2,1-3H3,(H,18,19);1H/t11?,14-;/m1./s1. The third kappa shape index (κ3) is 4.52. The fourth-order valence-corrected chi connectivity index (χ4v) is 2.65. The molecule has 0 aromatic heterocycles. The van der Waals surface area contributed by atoms with Crippen LogP contribution in [0.1, 0.15) is 37.8 Å². The average molecular weight is 329 g/mol. The Bertz CT molecular complexity index is 490. The molecule has 22 heavy (non-hydrogen) atoms. The molecule has 5 nitrogen and oxygen atoms in total. The number of piperidine rings is 1. The van der Waals surface area contributed by atoms with Crippen LogP contribution in [-0.4, -0.2) is 32.7 Å². The maximum atomic E-state index is 12.3. The van der Waals surface area contributed by atoms with E-state index in [-0.39, 0.29) is 30.4 Å². The fourth-order valence-electron chi connectivity index (χ4n) is 2.65. The first-order valence-corrected chi connectivity index (χ1v) is 7.41. The third-order valence-electron chi connectivity index (χ3n) is 3.89. The van der Waals surface area contributed by atoms with E-state index in [0.29, 0.717) is 0 Å². The Morgan fingerprint density at radius 1 is 1.32 bits per heavy atom. The first-order valence-electron chi connectivity index (χ1n) is 7.41. The molecule has 1 aromatic carbocycles. The van der Waals surface area contributed by atoms with Crippen LogP contribution in [-0.2, 0) is 4.79 Å². The van der Waals surface area contributed by atoms with E-state index in [1.54, 1.807) is 14.2 Å². The van der Waals surface area contributed by atoms with Crippen LogP contribution in [0.15, 0.2) is 18.2 Å². The number of benzene rings is 1. The molecule has 1 fully saturated rings. The number of halogens is 1. The normalized spacial score (nSPS) is 18.8. The van der Waals surface area contributed by atoms with Crippen molar-refractivity contribution in [3.63, 3.8) is 0 Å². The van der Waals surface area contributed by atoms with E-state index in [2.05, 4.69) is 10.6 Å². The molecule has 1 saturated heterocycles. The van der Waals surface area contributed by atoms with Crippen molar-refractivity contribution in [2.24, 2.45) is 0 Å². The van der Waals surface area contributed by atoms with Crippen LogP contribution in [0.4, 0.5) is 0 Å². The highest BCUT2D eigenvalue weighted by atomic mass is 35.5. The monoisotopic (exact) mass is 328 g/mol. The topological polar surface area (TPSA) is 59.6 Å². The molecule has 1 amide bonds. The molecule has 6 heteroatoms. The summed E-state index contributed by atoms with van der Waals surface area (Å²) in [5.41, 5.74) is 0.918. The molecule has 1 unspecified atom stereocenters. The van der Waals surface area contributed by atoms with Crippen LogP contribution in [0.25, 0.3) is 0 Å². The lowest BCUT2D eigenvalue weighted by Crippen LogP contribution is -2.47. The van der Waals surface area contributed by atoms with Crippen molar-refractivity contribution in [3.8, 4) is 11.5 Å². The van der Waals surface area contributed by atoms with Crippen molar-refractivity contribution in [3.05, 3.63) is 23.8 Å². The van der Waals surface area contributed by atoms with Gasteiger partial charge in [0.15, 0.2) is 0 Å². The SMILES string of the molecule is COc1ccc(OC)c(C(C)NC(=O)[C@H]2CCCCN2)c1.Cl. The van der Waals surface area contributed by atoms with E-state index < -0.39 is 0 Å². The lowest BCUT2D eigenvalue weighted by atomic mass is 10.0. The number of methoxy groups -OCH3 is 2. The maximum Gasteiger partial charge on any atom is 0.237 e. The number of hydrogen-bond donors (Lipinski definition) is 2. The van der Waals surface area contributed by atoms with Crippen LogP contribution < -0.4 is 20.1 Å². The summed E-state index contributed by atoms with van der Waals surface area (Å²) < 4.78 is 10.6. The number of carbonyl (C=O) groups excluding carboxylic acids is 1. The number of carbonyl (C=O) groups is 1. The summed E-state index contributed by atoms with van der Waals surface area (Å²) in [6.07, 6.45) is 3.14. The summed E-state index contributed by atoms with van der Waals surface area (Å²) in [4.78, 5) is 12.3. The van der Waals surface area contributed by atoms with Crippen LogP contribution >= 0.6 is 12.4 Å². The van der Waals surface area contributed by atoms with E-state index in [9.17, 15) is 4.79 Å². The lowest BCUT2D eigenvalue weighted by molar-refractivity contribution is -0.124. The van der Waals surface area contributed by atoms with Gasteiger partial charge in [-0.15, -0.1) is 12.4 Å². The molecular weight excluding hydrogens is 304 g/mol. The highest BCUT2D eigenvalue weighted by molar-refractivity contribution is 5.85. The molecule has 124 valence electrons. The quantitative estimate of drug-likeness (QED) is 0.871. The average Bonchev–Trinajstić information content (AvgIpc) is 2.54. The number of amides is 1. The molecule has 2 rings (SSSR count). The predicted molar refractivity (Wildman–Crippen MR) is 89.0 cm³/mol. The largest absolute Gasteiger partial charge is 0.497 e. The van der Waals surface area contributed by atoms with Gasteiger partial charge in [-0.2, -0.15) is 0 Å². The number of nitrogens with one attached hydrogen (secondary N) is 2. The summed E-state index contributed by atoms with van der Waals surface area (Å²) in [6.45, 7) is 2.87. The molecule has 1 aliphatic heterocycles. The van der Waals surface area contributed by atoms with Crippen molar-refractivity contribution in [1.82, 2.24) is 10.6 Å². The van der Waals surface area contributed by atoms with Gasteiger partial charge in [-0.3, -0.25) is 4.79 Å². The fraction of sp³-hybridized carbons (Fsp3) is 0.562. The molecule has 0 spiro atoms. The van der Waals surface area contributed by atoms with Gasteiger partial charge in [0.05, 0.1) is 26.3 Å². The minimum absolute atomic E-state index is 0. The van der Waals surface area contributed by atoms with Gasteiger partial charge >= 0.3 is 0 Å². The molecule has 0 saturated carbocycles. The van der Waals surface area contributed by atoms with E-state index in [1.165, 1.54) is 0 Å². The Kier molecular flexibility index (Phi) is 7.48. The van der Waals surface area contributed by atoms with Crippen molar-refractivity contribution >= 4 is 18.3 Å². The van der Waals surface area contributed by atoms with E-state index in [4.69, 9.17) is 9.47 Å². The number of hydrogen-bond acceptors (Lipinski definition) is 4. The second-order valence-electron chi connectivity index (χ2n) is 5.34. The molecule has 1 heterocycles. The van der Waals surface area contributed by atoms with Crippen LogP contribution in [0.5, 0.6) is 11.5 Å². The Labute approximate surface area is 138 Å². The Balaban J connectivity index is 0.00000242. The first kappa shape index (κ1) is 18.6. The van der Waals surface area contributed by atoms with E-state index >= 15 is 0 Å². The van der Waals surface area contributed by atoms with Gasteiger partial charge in [-0.25, -0.2) is 0 Å². The van der Waals surface area contributed by atoms with Crippen molar-refractivity contribution < 1.29 is 14.3 Å². The van der Waals surface area contributed by atoms with Crippen molar-refractivity contribution in [2.75, 3.05) is 20.8 Å². The minimum Gasteiger partial charge on any atom is -0.497 e. The second kappa shape index (κ2) is 8.86. The molecule has 0 bridgehead atoms. The molecule has 2 atom stereocenters. The molecule has 2 N–H and O–H groups in total. The van der Waals surface area contributed by atoms with Gasteiger partial charge in [-0.1, -0.05) is 6.42 Å². The molecule has 0 radical (unpaired) electrons. The van der Waals surface area contributed by atoms with E-state index in [1.807, 2.05) is 25.1 Å². The zero-order valence-electron chi connectivity index (χ0n) is 13.3. The number of ether oxygens (including phenoxy) is 2. The Morgan fingerprint density at radius 2 is 2.09 bits per heavy atom. The van der Waals surface area contributed by atoms with Gasteiger partial charge in [0.2, 0.25) is 5.91 Å². The zero-order chi connectivity index (χ0) is 15.2. The smallest absolute Gasteiger partial charge is 0.237 e. The van der Waals surface area contributed by atoms with Crippen LogP contribution in [0, 0.1) is 0 Å². The van der Waals surface area contributed by atoms with Gasteiger partial charge in [0.25, 0.3) is 0 Å². The van der Waals surface area contributed by atoms with Crippen molar-refractivity contribution in [2.45, 2.75) is 38.3 Å². The molecule has 1 aliphatic rings. The highest BCUT2D eigenvalue weighted by Crippen LogP contribution is 2.29. The highest BCUT2D eigenvalue weighted by Gasteiger charge is 2.23. The summed E-state index contributed by atoms with van der Waals surface area (Å²) >= 11 is 0. The maximum absolute atomic E-state index is 12.3. The van der Waals surface area contributed by atoms with E-state index in [0.717, 1.165) is 42.9 Å². The first-order chi connectivity index (χ1) is 10.2.